The summed E-state index contributed by atoms with van der Waals surface area (Å²) in [6.07, 6.45) is 6.39. The van der Waals surface area contributed by atoms with E-state index in [0.29, 0.717) is 46.8 Å². The van der Waals surface area contributed by atoms with E-state index >= 15 is 0 Å². The third-order valence-electron chi connectivity index (χ3n) is 4.43. The molecule has 0 aliphatic carbocycles. The topological polar surface area (TPSA) is 100 Å². The van der Waals surface area contributed by atoms with Crippen molar-refractivity contribution in [3.05, 3.63) is 66.1 Å². The molecular weight excluding hydrogens is 406 g/mol. The molecule has 1 N–H and O–H groups in total. The van der Waals surface area contributed by atoms with Crippen LogP contribution in [0.25, 0.3) is 10.9 Å². The Morgan fingerprint density at radius 3 is 2.78 bits per heavy atom. The van der Waals surface area contributed by atoms with E-state index in [1.165, 1.54) is 12.3 Å². The molecule has 3 rings (SSSR count). The number of hydrogen-bond donors (Lipinski definition) is 1. The van der Waals surface area contributed by atoms with Crippen molar-refractivity contribution >= 4 is 22.5 Å². The second kappa shape index (κ2) is 10.9. The summed E-state index contributed by atoms with van der Waals surface area (Å²) >= 11 is 0. The van der Waals surface area contributed by atoms with Gasteiger partial charge < -0.3 is 19.7 Å². The Labute approximate surface area is 187 Å². The molecule has 8 heteroatoms. The van der Waals surface area contributed by atoms with Gasteiger partial charge in [-0.3, -0.25) is 14.8 Å². The van der Waals surface area contributed by atoms with Crippen LogP contribution in [-0.4, -0.2) is 48.0 Å². The summed E-state index contributed by atoms with van der Waals surface area (Å²) in [5, 5.41) is 13.0. The third-order valence-corrected chi connectivity index (χ3v) is 4.43. The molecule has 8 nitrogen and oxygen atoms in total. The molecular formula is C24H25N5O3. The number of rotatable bonds is 9. The molecule has 1 amide bonds. The van der Waals surface area contributed by atoms with Crippen LogP contribution in [0.4, 0.5) is 5.69 Å². The van der Waals surface area contributed by atoms with Crippen LogP contribution in [0.5, 0.6) is 11.5 Å². The van der Waals surface area contributed by atoms with Crippen LogP contribution in [0, 0.1) is 11.3 Å². The summed E-state index contributed by atoms with van der Waals surface area (Å²) in [4.78, 5) is 23.0. The molecule has 3 aromatic rings. The zero-order chi connectivity index (χ0) is 22.9. The third kappa shape index (κ3) is 5.80. The van der Waals surface area contributed by atoms with Crippen LogP contribution in [0.15, 0.2) is 54.9 Å². The number of carbonyl (C=O) groups excluding carboxylic acids is 1. The summed E-state index contributed by atoms with van der Waals surface area (Å²) in [7, 11) is 3.84. The normalized spacial score (nSPS) is 11.0. The fraction of sp³-hybridized carbons (Fsp3) is 0.250. The van der Waals surface area contributed by atoms with Crippen molar-refractivity contribution < 1.29 is 14.3 Å². The van der Waals surface area contributed by atoms with Gasteiger partial charge in [-0.05, 0) is 39.2 Å². The first-order valence-electron chi connectivity index (χ1n) is 10.2. The molecule has 0 fully saturated rings. The highest BCUT2D eigenvalue weighted by molar-refractivity contribution is 6.03. The molecule has 2 aromatic heterocycles. The predicted octanol–water partition coefficient (Wildman–Crippen LogP) is 3.54. The first-order valence-corrected chi connectivity index (χ1v) is 10.2. The average molecular weight is 431 g/mol. The number of amides is 1. The lowest BCUT2D eigenvalue weighted by atomic mass is 10.1. The van der Waals surface area contributed by atoms with E-state index in [1.54, 1.807) is 24.4 Å². The Kier molecular flexibility index (Phi) is 7.73. The van der Waals surface area contributed by atoms with Gasteiger partial charge in [0, 0.05) is 36.5 Å². The van der Waals surface area contributed by atoms with E-state index in [-0.39, 0.29) is 12.5 Å². The highest BCUT2D eigenvalue weighted by Gasteiger charge is 2.16. The minimum Gasteiger partial charge on any atom is -0.492 e. The van der Waals surface area contributed by atoms with Crippen molar-refractivity contribution in [2.45, 2.75) is 13.5 Å². The number of hydrogen-bond acceptors (Lipinski definition) is 7. The molecule has 0 unspecified atom stereocenters. The van der Waals surface area contributed by atoms with Gasteiger partial charge in [-0.1, -0.05) is 12.1 Å². The average Bonchev–Trinajstić information content (AvgIpc) is 2.78. The lowest BCUT2D eigenvalue weighted by Crippen LogP contribution is -2.13. The zero-order valence-electron chi connectivity index (χ0n) is 18.3. The van der Waals surface area contributed by atoms with Crippen molar-refractivity contribution in [3.63, 3.8) is 0 Å². The Bertz CT molecular complexity index is 1150. The molecule has 2 heterocycles. The molecule has 0 aliphatic rings. The first-order chi connectivity index (χ1) is 15.5. The predicted molar refractivity (Wildman–Crippen MR) is 123 cm³/mol. The van der Waals surface area contributed by atoms with Crippen molar-refractivity contribution in [2.24, 2.45) is 0 Å². The minimum absolute atomic E-state index is 0.191. The summed E-state index contributed by atoms with van der Waals surface area (Å²) in [5.74, 6) is 0.583. The van der Waals surface area contributed by atoms with Crippen molar-refractivity contribution in [2.75, 3.05) is 32.6 Å². The van der Waals surface area contributed by atoms with Gasteiger partial charge in [0.2, 0.25) is 5.91 Å². The quantitative estimate of drug-likeness (QED) is 0.517. The van der Waals surface area contributed by atoms with Crippen molar-refractivity contribution in [3.8, 4) is 17.6 Å². The highest BCUT2D eigenvalue weighted by atomic mass is 16.5. The monoisotopic (exact) mass is 431 g/mol. The van der Waals surface area contributed by atoms with E-state index in [4.69, 9.17) is 9.47 Å². The maximum absolute atomic E-state index is 12.4. The van der Waals surface area contributed by atoms with Crippen molar-refractivity contribution in [1.29, 1.82) is 5.26 Å². The standard InChI is InChI=1S/C24H25N5O3/c1-4-31-22-13-20-19(12-21(22)28-23(30)9-7-11-29(2)3)24(17(14-25)15-27-20)32-16-18-8-5-6-10-26-18/h5-10,12-13,15H,4,11,16H2,1-3H3,(H,28,30). The molecule has 0 saturated heterocycles. The van der Waals surface area contributed by atoms with Gasteiger partial charge in [-0.2, -0.15) is 5.26 Å². The first kappa shape index (κ1) is 22.7. The summed E-state index contributed by atoms with van der Waals surface area (Å²) in [6, 6.07) is 11.1. The van der Waals surface area contributed by atoms with Crippen LogP contribution in [0.3, 0.4) is 0 Å². The van der Waals surface area contributed by atoms with Gasteiger partial charge in [0.05, 0.1) is 23.5 Å². The number of anilines is 1. The largest absolute Gasteiger partial charge is 0.492 e. The molecule has 0 saturated carbocycles. The lowest BCUT2D eigenvalue weighted by molar-refractivity contribution is -0.111. The number of likely N-dealkylation sites (N-methyl/N-ethyl adjacent to an activating group) is 1. The molecule has 0 spiro atoms. The fourth-order valence-electron chi connectivity index (χ4n) is 2.98. The van der Waals surface area contributed by atoms with Gasteiger partial charge in [-0.25, -0.2) is 0 Å². The van der Waals surface area contributed by atoms with Gasteiger partial charge in [0.1, 0.15) is 29.7 Å². The molecule has 32 heavy (non-hydrogen) atoms. The van der Waals surface area contributed by atoms with E-state index in [1.807, 2.05) is 44.1 Å². The van der Waals surface area contributed by atoms with E-state index in [9.17, 15) is 10.1 Å². The number of benzene rings is 1. The summed E-state index contributed by atoms with van der Waals surface area (Å²) < 4.78 is 11.7. The number of nitrogens with one attached hydrogen (secondary N) is 1. The molecule has 1 aromatic carbocycles. The number of ether oxygens (including phenoxy) is 2. The van der Waals surface area contributed by atoms with Crippen LogP contribution in [-0.2, 0) is 11.4 Å². The number of pyridine rings is 2. The van der Waals surface area contributed by atoms with Gasteiger partial charge in [-0.15, -0.1) is 0 Å². The molecule has 0 bridgehead atoms. The van der Waals surface area contributed by atoms with Gasteiger partial charge in [0.25, 0.3) is 0 Å². The second-order valence-corrected chi connectivity index (χ2v) is 7.17. The molecule has 0 aliphatic heterocycles. The summed E-state index contributed by atoms with van der Waals surface area (Å²) in [5.41, 5.74) is 2.08. The van der Waals surface area contributed by atoms with Gasteiger partial charge >= 0.3 is 0 Å². The number of nitriles is 1. The van der Waals surface area contributed by atoms with E-state index in [2.05, 4.69) is 21.4 Å². The molecule has 0 atom stereocenters. The second-order valence-electron chi connectivity index (χ2n) is 7.17. The number of nitrogens with zero attached hydrogens (tertiary/aromatic N) is 4. The maximum Gasteiger partial charge on any atom is 0.248 e. The van der Waals surface area contributed by atoms with Crippen molar-refractivity contribution in [1.82, 2.24) is 14.9 Å². The summed E-state index contributed by atoms with van der Waals surface area (Å²) in [6.45, 7) is 3.12. The van der Waals surface area contributed by atoms with Crippen LogP contribution >= 0.6 is 0 Å². The fourth-order valence-corrected chi connectivity index (χ4v) is 2.98. The van der Waals surface area contributed by atoms with E-state index < -0.39 is 0 Å². The lowest BCUT2D eigenvalue weighted by Gasteiger charge is -2.15. The van der Waals surface area contributed by atoms with E-state index in [0.717, 1.165) is 5.69 Å². The maximum atomic E-state index is 12.4. The Hall–Kier alpha value is -3.96. The SMILES string of the molecule is CCOc1cc2ncc(C#N)c(OCc3ccccn3)c2cc1NC(=O)C=CCN(C)C. The van der Waals surface area contributed by atoms with Gasteiger partial charge in [0.15, 0.2) is 0 Å². The van der Waals surface area contributed by atoms with Crippen LogP contribution < -0.4 is 14.8 Å². The highest BCUT2D eigenvalue weighted by Crippen LogP contribution is 2.36. The Morgan fingerprint density at radius 2 is 2.09 bits per heavy atom. The number of aromatic nitrogens is 2. The Balaban J connectivity index is 1.99. The molecule has 164 valence electrons. The molecule has 0 radical (unpaired) electrons. The number of carbonyl (C=O) groups is 1. The smallest absolute Gasteiger partial charge is 0.248 e. The zero-order valence-corrected chi connectivity index (χ0v) is 18.3. The minimum atomic E-state index is -0.285. The number of fused-ring (bicyclic) bond motifs is 1. The Morgan fingerprint density at radius 1 is 1.25 bits per heavy atom. The van der Waals surface area contributed by atoms with Crippen LogP contribution in [0.1, 0.15) is 18.2 Å². The van der Waals surface area contributed by atoms with Crippen LogP contribution in [0.2, 0.25) is 0 Å².